The van der Waals surface area contributed by atoms with Gasteiger partial charge in [0.05, 0.1) is 51.1 Å². The lowest BCUT2D eigenvalue weighted by Crippen LogP contribution is -2.27. The fourth-order valence-electron chi connectivity index (χ4n) is 2.79. The lowest BCUT2D eigenvalue weighted by molar-refractivity contribution is 0.00528. The highest BCUT2D eigenvalue weighted by Gasteiger charge is 2.16. The fourth-order valence-corrected chi connectivity index (χ4v) is 3.68. The first-order valence-corrected chi connectivity index (χ1v) is 13.4. The molecular weight excluding hydrogens is 502 g/mol. The summed E-state index contributed by atoms with van der Waals surface area (Å²) in [5.74, 6) is 0.655. The van der Waals surface area contributed by atoms with Gasteiger partial charge < -0.3 is 23.7 Å². The maximum atomic E-state index is 12.0. The van der Waals surface area contributed by atoms with Crippen LogP contribution in [0.4, 0.5) is 10.5 Å². The molecular formula is C26H37NO9S. The molecule has 0 aromatic heterocycles. The van der Waals surface area contributed by atoms with Crippen molar-refractivity contribution in [3.63, 3.8) is 0 Å². The molecule has 1 N–H and O–H groups in total. The first-order valence-electron chi connectivity index (χ1n) is 12.0. The van der Waals surface area contributed by atoms with Crippen LogP contribution in [0, 0.1) is 6.92 Å². The van der Waals surface area contributed by atoms with Crippen molar-refractivity contribution in [2.45, 2.75) is 38.2 Å². The van der Waals surface area contributed by atoms with Crippen LogP contribution in [-0.2, 0) is 33.2 Å². The Hall–Kier alpha value is -2.70. The number of rotatable bonds is 16. The summed E-state index contributed by atoms with van der Waals surface area (Å²) < 4.78 is 56.1. The molecule has 2 aromatic carbocycles. The van der Waals surface area contributed by atoms with Crippen LogP contribution in [0.1, 0.15) is 26.3 Å². The third kappa shape index (κ3) is 13.4. The summed E-state index contributed by atoms with van der Waals surface area (Å²) in [4.78, 5) is 11.9. The summed E-state index contributed by atoms with van der Waals surface area (Å²) in [5.41, 5.74) is 1.02. The number of benzene rings is 2. The van der Waals surface area contributed by atoms with Crippen molar-refractivity contribution in [2.75, 3.05) is 58.2 Å². The van der Waals surface area contributed by atoms with Crippen molar-refractivity contribution in [3.8, 4) is 5.75 Å². The first kappa shape index (κ1) is 30.5. The van der Waals surface area contributed by atoms with Gasteiger partial charge in [-0.15, -0.1) is 0 Å². The Labute approximate surface area is 219 Å². The van der Waals surface area contributed by atoms with Crippen LogP contribution in [-0.4, -0.2) is 73.0 Å². The predicted molar refractivity (Wildman–Crippen MR) is 139 cm³/mol. The number of ether oxygens (including phenoxy) is 5. The number of hydrogen-bond donors (Lipinski definition) is 1. The molecule has 0 aliphatic heterocycles. The Bertz CT molecular complexity index is 1030. The first-order chi connectivity index (χ1) is 17.5. The summed E-state index contributed by atoms with van der Waals surface area (Å²) in [6.07, 6.45) is -0.512. The Balaban J connectivity index is 1.43. The summed E-state index contributed by atoms with van der Waals surface area (Å²) in [5, 5.41) is 2.66. The second-order valence-corrected chi connectivity index (χ2v) is 10.5. The highest BCUT2D eigenvalue weighted by atomic mass is 32.2. The van der Waals surface area contributed by atoms with Crippen LogP contribution in [0.15, 0.2) is 53.4 Å². The molecule has 10 nitrogen and oxygen atoms in total. The topological polar surface area (TPSA) is 119 Å². The molecule has 37 heavy (non-hydrogen) atoms. The molecule has 11 heteroatoms. The zero-order chi connectivity index (χ0) is 27.2. The smallest absolute Gasteiger partial charge is 0.412 e. The Morgan fingerprint density at radius 1 is 0.757 bits per heavy atom. The van der Waals surface area contributed by atoms with Gasteiger partial charge in [-0.25, -0.2) is 4.79 Å². The molecule has 0 aliphatic carbocycles. The quantitative estimate of drug-likeness (QED) is 0.248. The number of hydrogen-bond acceptors (Lipinski definition) is 9. The number of carbonyl (C=O) groups is 1. The van der Waals surface area contributed by atoms with Crippen molar-refractivity contribution in [1.29, 1.82) is 0 Å². The van der Waals surface area contributed by atoms with Gasteiger partial charge in [0.2, 0.25) is 0 Å². The van der Waals surface area contributed by atoms with Gasteiger partial charge in [-0.05, 0) is 64.1 Å². The maximum Gasteiger partial charge on any atom is 0.412 e. The van der Waals surface area contributed by atoms with E-state index in [9.17, 15) is 13.2 Å². The molecule has 0 radical (unpaired) electrons. The van der Waals surface area contributed by atoms with Crippen LogP contribution in [0.2, 0.25) is 0 Å². The Morgan fingerprint density at radius 2 is 1.27 bits per heavy atom. The van der Waals surface area contributed by atoms with E-state index in [0.29, 0.717) is 51.1 Å². The highest BCUT2D eigenvalue weighted by molar-refractivity contribution is 7.86. The molecule has 1 amide bonds. The third-order valence-corrected chi connectivity index (χ3v) is 5.84. The van der Waals surface area contributed by atoms with Gasteiger partial charge in [0.1, 0.15) is 18.0 Å². The molecule has 2 aromatic rings. The van der Waals surface area contributed by atoms with Crippen LogP contribution < -0.4 is 10.1 Å². The molecule has 0 aliphatic rings. The van der Waals surface area contributed by atoms with E-state index in [2.05, 4.69) is 5.32 Å². The average molecular weight is 540 g/mol. The minimum Gasteiger partial charge on any atom is -0.491 e. The Morgan fingerprint density at radius 3 is 1.81 bits per heavy atom. The fraction of sp³-hybridized carbons (Fsp3) is 0.500. The number of carbonyl (C=O) groups excluding carboxylic acids is 1. The lowest BCUT2D eigenvalue weighted by Gasteiger charge is -2.19. The van der Waals surface area contributed by atoms with E-state index in [1.165, 1.54) is 12.1 Å². The van der Waals surface area contributed by atoms with Crippen LogP contribution >= 0.6 is 0 Å². The van der Waals surface area contributed by atoms with Crippen molar-refractivity contribution < 1.29 is 41.1 Å². The molecule has 206 valence electrons. The Kier molecular flexibility index (Phi) is 12.8. The van der Waals surface area contributed by atoms with E-state index in [0.717, 1.165) is 5.56 Å². The largest absolute Gasteiger partial charge is 0.491 e. The second-order valence-electron chi connectivity index (χ2n) is 8.93. The van der Waals surface area contributed by atoms with E-state index >= 15 is 0 Å². The van der Waals surface area contributed by atoms with Crippen molar-refractivity contribution in [3.05, 3.63) is 54.1 Å². The summed E-state index contributed by atoms with van der Waals surface area (Å²) in [6, 6.07) is 13.4. The van der Waals surface area contributed by atoms with Gasteiger partial charge in [-0.2, -0.15) is 8.42 Å². The molecule has 0 atom stereocenters. The maximum absolute atomic E-state index is 12.0. The highest BCUT2D eigenvalue weighted by Crippen LogP contribution is 2.17. The predicted octanol–water partition coefficient (Wildman–Crippen LogP) is 4.18. The standard InChI is InChI=1S/C26H37NO9S/c1-21-5-11-24(12-6-21)37(29,30)35-20-18-33-16-14-31-13-15-32-17-19-34-23-9-7-22(8-10-23)27-25(28)36-26(2,3)4/h5-12H,13-20H2,1-4H3,(H,27,28). The molecule has 0 fully saturated rings. The van der Waals surface area contributed by atoms with Crippen LogP contribution in [0.25, 0.3) is 0 Å². The van der Waals surface area contributed by atoms with Gasteiger partial charge in [-0.1, -0.05) is 17.7 Å². The minimum absolute atomic E-state index is 0.0672. The summed E-state index contributed by atoms with van der Waals surface area (Å²) >= 11 is 0. The van der Waals surface area contributed by atoms with Crippen LogP contribution in [0.3, 0.4) is 0 Å². The number of nitrogens with one attached hydrogen (secondary N) is 1. The van der Waals surface area contributed by atoms with E-state index in [-0.39, 0.29) is 18.1 Å². The van der Waals surface area contributed by atoms with Gasteiger partial charge in [0.15, 0.2) is 0 Å². The van der Waals surface area contributed by atoms with Crippen LogP contribution in [0.5, 0.6) is 5.75 Å². The normalized spacial score (nSPS) is 11.8. The molecule has 0 heterocycles. The molecule has 0 saturated carbocycles. The summed E-state index contributed by atoms with van der Waals surface area (Å²) in [6.45, 7) is 9.59. The number of amides is 1. The molecule has 0 spiro atoms. The third-order valence-electron chi connectivity index (χ3n) is 4.52. The average Bonchev–Trinajstić information content (AvgIpc) is 2.82. The SMILES string of the molecule is Cc1ccc(S(=O)(=O)OCCOCCOCCOCCOc2ccc(NC(=O)OC(C)(C)C)cc2)cc1. The van der Waals surface area contributed by atoms with Crippen molar-refractivity contribution >= 4 is 21.9 Å². The second kappa shape index (κ2) is 15.5. The molecule has 0 unspecified atom stereocenters. The lowest BCUT2D eigenvalue weighted by atomic mass is 10.2. The van der Waals surface area contributed by atoms with Gasteiger partial charge in [-0.3, -0.25) is 9.50 Å². The van der Waals surface area contributed by atoms with E-state index in [1.54, 1.807) is 57.2 Å². The monoisotopic (exact) mass is 539 g/mol. The van der Waals surface area contributed by atoms with E-state index < -0.39 is 21.8 Å². The molecule has 0 bridgehead atoms. The number of anilines is 1. The molecule has 0 saturated heterocycles. The van der Waals surface area contributed by atoms with Crippen molar-refractivity contribution in [1.82, 2.24) is 0 Å². The van der Waals surface area contributed by atoms with Gasteiger partial charge in [0.25, 0.3) is 10.1 Å². The number of aryl methyl sites for hydroxylation is 1. The van der Waals surface area contributed by atoms with Crippen molar-refractivity contribution in [2.24, 2.45) is 0 Å². The van der Waals surface area contributed by atoms with E-state index in [4.69, 9.17) is 27.9 Å². The molecule has 2 rings (SSSR count). The zero-order valence-corrected chi connectivity index (χ0v) is 22.7. The summed E-state index contributed by atoms with van der Waals surface area (Å²) in [7, 11) is -3.78. The zero-order valence-electron chi connectivity index (χ0n) is 21.9. The minimum atomic E-state index is -3.78. The van der Waals surface area contributed by atoms with E-state index in [1.807, 2.05) is 6.92 Å². The van der Waals surface area contributed by atoms with Gasteiger partial charge in [0, 0.05) is 5.69 Å². The van der Waals surface area contributed by atoms with Gasteiger partial charge >= 0.3 is 6.09 Å².